The van der Waals surface area contributed by atoms with Crippen LogP contribution in [-0.4, -0.2) is 39.2 Å². The average Bonchev–Trinajstić information content (AvgIpc) is 3.38. The smallest absolute Gasteiger partial charge is 0.337 e. The SMILES string of the molecule is COC(=O)c1cccc(-n2cccc2[C@H]2[C@@H](c3ccccn3)NC(=S)N2CC(C)C)c1. The van der Waals surface area contributed by atoms with Crippen LogP contribution in [0.3, 0.4) is 0 Å². The summed E-state index contributed by atoms with van der Waals surface area (Å²) in [5, 5.41) is 4.22. The minimum Gasteiger partial charge on any atom is -0.465 e. The number of nitrogens with zero attached hydrogens (tertiary/aromatic N) is 3. The van der Waals surface area contributed by atoms with E-state index in [-0.39, 0.29) is 18.1 Å². The molecule has 3 aromatic rings. The zero-order valence-corrected chi connectivity index (χ0v) is 18.7. The van der Waals surface area contributed by atoms with Crippen molar-refractivity contribution in [1.29, 1.82) is 0 Å². The van der Waals surface area contributed by atoms with E-state index in [1.54, 1.807) is 12.3 Å². The van der Waals surface area contributed by atoms with Gasteiger partial charge in [0.15, 0.2) is 5.11 Å². The monoisotopic (exact) mass is 434 g/mol. The predicted molar refractivity (Wildman–Crippen MR) is 124 cm³/mol. The number of pyridine rings is 1. The molecule has 7 heteroatoms. The molecule has 0 amide bonds. The highest BCUT2D eigenvalue weighted by molar-refractivity contribution is 7.80. The van der Waals surface area contributed by atoms with Crippen LogP contribution in [0.4, 0.5) is 0 Å². The standard InChI is InChI=1S/C24H26N4O2S/c1-16(2)15-28-22(21(26-24(28)31)19-10-4-5-12-25-19)20-11-7-13-27(20)18-9-6-8-17(14-18)23(29)30-3/h4-14,16,21-22H,15H2,1-3H3,(H,26,31)/t21-,22+/m1/s1. The normalized spacial score (nSPS) is 18.3. The van der Waals surface area contributed by atoms with Crippen molar-refractivity contribution in [3.05, 3.63) is 83.9 Å². The van der Waals surface area contributed by atoms with E-state index < -0.39 is 0 Å². The lowest BCUT2D eigenvalue weighted by Gasteiger charge is -2.30. The van der Waals surface area contributed by atoms with Gasteiger partial charge in [-0.3, -0.25) is 4.98 Å². The Morgan fingerprint density at radius 1 is 1.19 bits per heavy atom. The van der Waals surface area contributed by atoms with Crippen molar-refractivity contribution in [3.63, 3.8) is 0 Å². The van der Waals surface area contributed by atoms with Gasteiger partial charge in [0, 0.05) is 30.3 Å². The number of hydrogen-bond donors (Lipinski definition) is 1. The van der Waals surface area contributed by atoms with Crippen LogP contribution >= 0.6 is 12.2 Å². The van der Waals surface area contributed by atoms with Gasteiger partial charge in [0.05, 0.1) is 30.5 Å². The molecule has 0 aliphatic carbocycles. The number of methoxy groups -OCH3 is 1. The van der Waals surface area contributed by atoms with Gasteiger partial charge < -0.3 is 19.5 Å². The highest BCUT2D eigenvalue weighted by atomic mass is 32.1. The number of carbonyl (C=O) groups excluding carboxylic acids is 1. The predicted octanol–water partition coefficient (Wildman–Crippen LogP) is 4.29. The van der Waals surface area contributed by atoms with Gasteiger partial charge in [0.1, 0.15) is 0 Å². The molecule has 4 rings (SSSR count). The molecule has 160 valence electrons. The Kier molecular flexibility index (Phi) is 6.04. The van der Waals surface area contributed by atoms with E-state index in [1.807, 2.05) is 48.7 Å². The van der Waals surface area contributed by atoms with Gasteiger partial charge in [-0.25, -0.2) is 4.79 Å². The Morgan fingerprint density at radius 2 is 2.03 bits per heavy atom. The molecule has 1 aliphatic heterocycles. The van der Waals surface area contributed by atoms with E-state index in [1.165, 1.54) is 7.11 Å². The van der Waals surface area contributed by atoms with E-state index in [4.69, 9.17) is 17.0 Å². The molecule has 1 N–H and O–H groups in total. The molecule has 0 unspecified atom stereocenters. The van der Waals surface area contributed by atoms with E-state index >= 15 is 0 Å². The number of esters is 1. The number of nitrogens with one attached hydrogen (secondary N) is 1. The molecular formula is C24H26N4O2S. The Hall–Kier alpha value is -3.19. The third-order valence-electron chi connectivity index (χ3n) is 5.39. The van der Waals surface area contributed by atoms with E-state index in [2.05, 4.69) is 39.7 Å². The fraction of sp³-hybridized carbons (Fsp3) is 0.292. The fourth-order valence-corrected chi connectivity index (χ4v) is 4.40. The van der Waals surface area contributed by atoms with Crippen molar-refractivity contribution in [3.8, 4) is 5.69 Å². The van der Waals surface area contributed by atoms with Crippen molar-refractivity contribution in [2.45, 2.75) is 25.9 Å². The number of rotatable bonds is 6. The van der Waals surface area contributed by atoms with Crippen molar-refractivity contribution >= 4 is 23.3 Å². The molecule has 0 saturated carbocycles. The molecule has 1 saturated heterocycles. The van der Waals surface area contributed by atoms with Crippen LogP contribution in [0.1, 0.15) is 47.7 Å². The first-order valence-corrected chi connectivity index (χ1v) is 10.7. The van der Waals surface area contributed by atoms with E-state index in [9.17, 15) is 4.79 Å². The topological polar surface area (TPSA) is 59.4 Å². The number of hydrogen-bond acceptors (Lipinski definition) is 4. The van der Waals surface area contributed by atoms with Gasteiger partial charge in [-0.15, -0.1) is 0 Å². The van der Waals surface area contributed by atoms with Crippen LogP contribution in [0.5, 0.6) is 0 Å². The third-order valence-corrected chi connectivity index (χ3v) is 5.74. The van der Waals surface area contributed by atoms with Crippen molar-refractivity contribution in [2.24, 2.45) is 5.92 Å². The highest BCUT2D eigenvalue weighted by Gasteiger charge is 2.41. The summed E-state index contributed by atoms with van der Waals surface area (Å²) in [5.41, 5.74) is 3.42. The molecule has 6 nitrogen and oxygen atoms in total. The van der Waals surface area contributed by atoms with Crippen LogP contribution in [0, 0.1) is 5.92 Å². The van der Waals surface area contributed by atoms with Crippen LogP contribution < -0.4 is 5.32 Å². The van der Waals surface area contributed by atoms with Crippen molar-refractivity contribution < 1.29 is 9.53 Å². The number of thiocarbonyl (C=S) groups is 1. The summed E-state index contributed by atoms with van der Waals surface area (Å²) in [7, 11) is 1.39. The van der Waals surface area contributed by atoms with Crippen molar-refractivity contribution in [1.82, 2.24) is 19.8 Å². The van der Waals surface area contributed by atoms with E-state index in [0.717, 1.165) is 28.7 Å². The summed E-state index contributed by atoms with van der Waals surface area (Å²) in [4.78, 5) is 18.9. The zero-order valence-electron chi connectivity index (χ0n) is 17.9. The van der Waals surface area contributed by atoms with E-state index in [0.29, 0.717) is 11.5 Å². The first-order valence-electron chi connectivity index (χ1n) is 10.3. The number of carbonyl (C=O) groups is 1. The molecule has 1 aliphatic rings. The first-order chi connectivity index (χ1) is 15.0. The molecule has 1 aromatic carbocycles. The van der Waals surface area contributed by atoms with Crippen molar-refractivity contribution in [2.75, 3.05) is 13.7 Å². The molecule has 31 heavy (non-hydrogen) atoms. The molecule has 0 spiro atoms. The minimum atomic E-state index is -0.355. The largest absolute Gasteiger partial charge is 0.465 e. The molecule has 0 radical (unpaired) electrons. The minimum absolute atomic E-state index is 0.0402. The first kappa shape index (κ1) is 21.1. The third kappa shape index (κ3) is 4.18. The fourth-order valence-electron chi connectivity index (χ4n) is 4.09. The maximum Gasteiger partial charge on any atom is 0.337 e. The summed E-state index contributed by atoms with van der Waals surface area (Å²) in [6, 6.07) is 17.4. The van der Waals surface area contributed by atoms with Gasteiger partial charge in [-0.2, -0.15) is 0 Å². The molecular weight excluding hydrogens is 408 g/mol. The highest BCUT2D eigenvalue weighted by Crippen LogP contribution is 2.39. The summed E-state index contributed by atoms with van der Waals surface area (Å²) in [5.74, 6) is 0.0860. The summed E-state index contributed by atoms with van der Waals surface area (Å²) in [6.45, 7) is 5.20. The van der Waals surface area contributed by atoms with Gasteiger partial charge in [-0.1, -0.05) is 26.0 Å². The van der Waals surface area contributed by atoms with Gasteiger partial charge in [0.25, 0.3) is 0 Å². The lowest BCUT2D eigenvalue weighted by molar-refractivity contribution is 0.0600. The van der Waals surface area contributed by atoms with Crippen LogP contribution in [0.25, 0.3) is 5.69 Å². The Balaban J connectivity index is 1.80. The van der Waals surface area contributed by atoms with Crippen LogP contribution in [-0.2, 0) is 4.74 Å². The molecule has 3 heterocycles. The number of aromatic nitrogens is 2. The molecule has 2 atom stereocenters. The van der Waals surface area contributed by atoms with Gasteiger partial charge >= 0.3 is 5.97 Å². The maximum atomic E-state index is 12.1. The quantitative estimate of drug-likeness (QED) is 0.461. The summed E-state index contributed by atoms with van der Waals surface area (Å²) in [6.07, 6.45) is 3.82. The zero-order chi connectivity index (χ0) is 22.0. The second-order valence-corrected chi connectivity index (χ2v) is 8.40. The summed E-state index contributed by atoms with van der Waals surface area (Å²) < 4.78 is 7.00. The molecule has 2 aromatic heterocycles. The van der Waals surface area contributed by atoms with Crippen LogP contribution in [0.15, 0.2) is 67.0 Å². The molecule has 0 bridgehead atoms. The number of benzene rings is 1. The summed E-state index contributed by atoms with van der Waals surface area (Å²) >= 11 is 5.73. The Morgan fingerprint density at radius 3 is 2.74 bits per heavy atom. The second-order valence-electron chi connectivity index (χ2n) is 8.02. The van der Waals surface area contributed by atoms with Gasteiger partial charge in [0.2, 0.25) is 0 Å². The Bertz CT molecular complexity index is 1080. The maximum absolute atomic E-state index is 12.1. The average molecular weight is 435 g/mol. The van der Waals surface area contributed by atoms with Crippen LogP contribution in [0.2, 0.25) is 0 Å². The molecule has 1 fully saturated rings. The lowest BCUT2D eigenvalue weighted by Crippen LogP contribution is -2.33. The number of ether oxygens (including phenoxy) is 1. The second kappa shape index (κ2) is 8.89. The Labute approximate surface area is 187 Å². The van der Waals surface area contributed by atoms with Gasteiger partial charge in [-0.05, 0) is 60.6 Å². The lowest BCUT2D eigenvalue weighted by atomic mass is 10.0.